The summed E-state index contributed by atoms with van der Waals surface area (Å²) in [5.74, 6) is 0.535. The number of ether oxygens (including phenoxy) is 2. The molecule has 4 aromatic carbocycles. The quantitative estimate of drug-likeness (QED) is 0.239. The number of sulfonamides is 1. The van der Waals surface area contributed by atoms with Crippen LogP contribution in [0.2, 0.25) is 5.02 Å². The van der Waals surface area contributed by atoms with Crippen LogP contribution in [-0.2, 0) is 14.8 Å². The van der Waals surface area contributed by atoms with Crippen molar-refractivity contribution >= 4 is 38.9 Å². The van der Waals surface area contributed by atoms with Gasteiger partial charge in [-0.25, -0.2) is 8.42 Å². The van der Waals surface area contributed by atoms with Gasteiger partial charge in [0.25, 0.3) is 10.0 Å². The van der Waals surface area contributed by atoms with Crippen LogP contribution in [0.4, 0.5) is 11.4 Å². The highest BCUT2D eigenvalue weighted by atomic mass is 35.5. The number of carbonyl (C=O) groups excluding carboxylic acids is 1. The van der Waals surface area contributed by atoms with Crippen molar-refractivity contribution in [3.05, 3.63) is 107 Å². The Labute approximate surface area is 234 Å². The van der Waals surface area contributed by atoms with Crippen LogP contribution < -0.4 is 19.1 Å². The number of carbonyl (C=O) groups is 1. The molecule has 0 fully saturated rings. The van der Waals surface area contributed by atoms with Gasteiger partial charge in [0.1, 0.15) is 22.9 Å². The number of rotatable bonds is 9. The zero-order chi connectivity index (χ0) is 28.2. The molecule has 0 unspecified atom stereocenters. The Balaban J connectivity index is 1.71. The van der Waals surface area contributed by atoms with E-state index in [1.165, 1.54) is 13.2 Å². The summed E-state index contributed by atoms with van der Waals surface area (Å²) >= 11 is 6.21. The monoisotopic (exact) mass is 564 g/mol. The standard InChI is InChI=1S/C30H29ClN2O5S/c1-20-10-14-28(37-4)29(16-20)39(35,36)33(24-13-11-21(2)22(3)17-24)19-30(34)32-26-18-23(31)12-15-27(26)38-25-8-6-5-7-9-25/h5-18H,19H2,1-4H3,(H,32,34). The number of amides is 1. The third kappa shape index (κ3) is 6.53. The normalized spacial score (nSPS) is 11.1. The fraction of sp³-hybridized carbons (Fsp3) is 0.167. The summed E-state index contributed by atoms with van der Waals surface area (Å²) in [6, 6.07) is 24.1. The van der Waals surface area contributed by atoms with E-state index in [1.54, 1.807) is 61.5 Å². The molecule has 7 nitrogen and oxygen atoms in total. The first-order valence-electron chi connectivity index (χ1n) is 12.2. The number of hydrogen-bond acceptors (Lipinski definition) is 5. The van der Waals surface area contributed by atoms with E-state index in [1.807, 2.05) is 38.1 Å². The molecule has 0 bridgehead atoms. The SMILES string of the molecule is COc1ccc(C)cc1S(=O)(=O)N(CC(=O)Nc1cc(Cl)ccc1Oc1ccccc1)c1ccc(C)c(C)c1. The van der Waals surface area contributed by atoms with Crippen molar-refractivity contribution in [3.8, 4) is 17.2 Å². The molecular formula is C30H29ClN2O5S. The molecule has 0 aliphatic carbocycles. The van der Waals surface area contributed by atoms with E-state index >= 15 is 0 Å². The lowest BCUT2D eigenvalue weighted by Gasteiger charge is -2.26. The highest BCUT2D eigenvalue weighted by Crippen LogP contribution is 2.34. The molecule has 4 aromatic rings. The van der Waals surface area contributed by atoms with Gasteiger partial charge in [0.15, 0.2) is 5.75 Å². The molecule has 0 aliphatic heterocycles. The van der Waals surface area contributed by atoms with Gasteiger partial charge in [-0.2, -0.15) is 0 Å². The van der Waals surface area contributed by atoms with Gasteiger partial charge in [0.2, 0.25) is 5.91 Å². The first-order valence-corrected chi connectivity index (χ1v) is 14.0. The van der Waals surface area contributed by atoms with Gasteiger partial charge in [0, 0.05) is 5.02 Å². The summed E-state index contributed by atoms with van der Waals surface area (Å²) in [7, 11) is -2.81. The van der Waals surface area contributed by atoms with Gasteiger partial charge in [-0.15, -0.1) is 0 Å². The second-order valence-electron chi connectivity index (χ2n) is 9.04. The van der Waals surface area contributed by atoms with Gasteiger partial charge in [0.05, 0.1) is 18.5 Å². The molecule has 0 radical (unpaired) electrons. The van der Waals surface area contributed by atoms with Gasteiger partial charge >= 0.3 is 0 Å². The Hall–Kier alpha value is -4.01. The van der Waals surface area contributed by atoms with Crippen molar-refractivity contribution in [2.45, 2.75) is 25.7 Å². The molecule has 0 saturated heterocycles. The average Bonchev–Trinajstić information content (AvgIpc) is 2.91. The zero-order valence-electron chi connectivity index (χ0n) is 22.1. The van der Waals surface area contributed by atoms with Crippen molar-refractivity contribution in [2.24, 2.45) is 0 Å². The smallest absolute Gasteiger partial charge is 0.268 e. The number of hydrogen-bond donors (Lipinski definition) is 1. The Bertz CT molecular complexity index is 1610. The van der Waals surface area contributed by atoms with Crippen LogP contribution in [0.25, 0.3) is 0 Å². The number of halogens is 1. The van der Waals surface area contributed by atoms with Crippen molar-refractivity contribution in [1.82, 2.24) is 0 Å². The molecule has 0 aliphatic rings. The maximum atomic E-state index is 14.0. The number of nitrogens with one attached hydrogen (secondary N) is 1. The topological polar surface area (TPSA) is 84.9 Å². The van der Waals surface area contributed by atoms with Crippen molar-refractivity contribution in [2.75, 3.05) is 23.3 Å². The van der Waals surface area contributed by atoms with E-state index in [0.717, 1.165) is 21.0 Å². The largest absolute Gasteiger partial charge is 0.495 e. The van der Waals surface area contributed by atoms with Crippen molar-refractivity contribution in [3.63, 3.8) is 0 Å². The number of methoxy groups -OCH3 is 1. The summed E-state index contributed by atoms with van der Waals surface area (Å²) in [6.07, 6.45) is 0. The maximum Gasteiger partial charge on any atom is 0.268 e. The molecule has 1 amide bonds. The van der Waals surface area contributed by atoms with Crippen LogP contribution in [0.3, 0.4) is 0 Å². The van der Waals surface area contributed by atoms with Crippen LogP contribution in [0.5, 0.6) is 17.2 Å². The molecule has 0 heterocycles. The van der Waals surface area contributed by atoms with Crippen molar-refractivity contribution < 1.29 is 22.7 Å². The number of benzene rings is 4. The van der Waals surface area contributed by atoms with E-state index in [4.69, 9.17) is 21.1 Å². The predicted molar refractivity (Wildman–Crippen MR) is 155 cm³/mol. The molecule has 1 N–H and O–H groups in total. The third-order valence-electron chi connectivity index (χ3n) is 6.14. The van der Waals surface area contributed by atoms with Crippen molar-refractivity contribution in [1.29, 1.82) is 0 Å². The first kappa shape index (κ1) is 28.0. The van der Waals surface area contributed by atoms with Crippen LogP contribution in [-0.4, -0.2) is 28.0 Å². The molecule has 4 rings (SSSR count). The highest BCUT2D eigenvalue weighted by Gasteiger charge is 2.31. The van der Waals surface area contributed by atoms with Crippen LogP contribution in [0.1, 0.15) is 16.7 Å². The van der Waals surface area contributed by atoms with Gasteiger partial charge in [-0.1, -0.05) is 41.9 Å². The minimum Gasteiger partial charge on any atom is -0.495 e. The lowest BCUT2D eigenvalue weighted by atomic mass is 10.1. The number of para-hydroxylation sites is 1. The van der Waals surface area contributed by atoms with E-state index in [0.29, 0.717) is 27.9 Å². The zero-order valence-corrected chi connectivity index (χ0v) is 23.6. The fourth-order valence-corrected chi connectivity index (χ4v) is 5.75. The second kappa shape index (κ2) is 11.8. The molecule has 0 atom stereocenters. The lowest BCUT2D eigenvalue weighted by Crippen LogP contribution is -2.38. The average molecular weight is 565 g/mol. The predicted octanol–water partition coefficient (Wildman–Crippen LogP) is 6.90. The summed E-state index contributed by atoms with van der Waals surface area (Å²) in [5.41, 5.74) is 3.28. The van der Waals surface area contributed by atoms with Crippen LogP contribution in [0.15, 0.2) is 89.8 Å². The second-order valence-corrected chi connectivity index (χ2v) is 11.3. The first-order chi connectivity index (χ1) is 18.6. The fourth-order valence-electron chi connectivity index (χ4n) is 3.92. The molecular weight excluding hydrogens is 536 g/mol. The summed E-state index contributed by atoms with van der Waals surface area (Å²) in [5, 5.41) is 3.16. The summed E-state index contributed by atoms with van der Waals surface area (Å²) < 4.78 is 40.4. The minimum atomic E-state index is -4.21. The molecule has 39 heavy (non-hydrogen) atoms. The Kier molecular flexibility index (Phi) is 8.47. The third-order valence-corrected chi connectivity index (χ3v) is 8.17. The maximum absolute atomic E-state index is 14.0. The van der Waals surface area contributed by atoms with Crippen LogP contribution in [0, 0.1) is 20.8 Å². The summed E-state index contributed by atoms with van der Waals surface area (Å²) in [4.78, 5) is 13.4. The lowest BCUT2D eigenvalue weighted by molar-refractivity contribution is -0.114. The molecule has 9 heteroatoms. The van der Waals surface area contributed by atoms with E-state index in [2.05, 4.69) is 5.32 Å². The Morgan fingerprint density at radius 3 is 2.28 bits per heavy atom. The molecule has 0 spiro atoms. The molecule has 202 valence electrons. The van der Waals surface area contributed by atoms with E-state index < -0.39 is 22.5 Å². The Morgan fingerprint density at radius 2 is 1.59 bits per heavy atom. The minimum absolute atomic E-state index is 0.0353. The number of nitrogens with zero attached hydrogens (tertiary/aromatic N) is 1. The van der Waals surface area contributed by atoms with Crippen LogP contribution >= 0.6 is 11.6 Å². The highest BCUT2D eigenvalue weighted by molar-refractivity contribution is 7.93. The Morgan fingerprint density at radius 1 is 0.872 bits per heavy atom. The molecule has 0 aromatic heterocycles. The number of aryl methyl sites for hydroxylation is 3. The van der Waals surface area contributed by atoms with Gasteiger partial charge < -0.3 is 14.8 Å². The van der Waals surface area contributed by atoms with Gasteiger partial charge in [-0.3, -0.25) is 9.10 Å². The van der Waals surface area contributed by atoms with E-state index in [-0.39, 0.29) is 10.6 Å². The summed E-state index contributed by atoms with van der Waals surface area (Å²) in [6.45, 7) is 5.11. The number of anilines is 2. The van der Waals surface area contributed by atoms with Gasteiger partial charge in [-0.05, 0) is 92.1 Å². The van der Waals surface area contributed by atoms with E-state index in [9.17, 15) is 13.2 Å². The molecule has 0 saturated carbocycles.